The lowest BCUT2D eigenvalue weighted by molar-refractivity contribution is -0.133. The van der Waals surface area contributed by atoms with Crippen LogP contribution in [0.4, 0.5) is 4.79 Å². The Bertz CT molecular complexity index is 260. The van der Waals surface area contributed by atoms with E-state index >= 15 is 0 Å². The van der Waals surface area contributed by atoms with Gasteiger partial charge in [0.1, 0.15) is 6.04 Å². The highest BCUT2D eigenvalue weighted by molar-refractivity contribution is 5.87. The fourth-order valence-electron chi connectivity index (χ4n) is 1.86. The van der Waals surface area contributed by atoms with Crippen molar-refractivity contribution in [2.75, 3.05) is 20.1 Å². The summed E-state index contributed by atoms with van der Waals surface area (Å²) < 4.78 is 0. The lowest BCUT2D eigenvalue weighted by Crippen LogP contribution is -2.52. The maximum Gasteiger partial charge on any atom is 0.315 e. The zero-order valence-electron chi connectivity index (χ0n) is 10.2. The summed E-state index contributed by atoms with van der Waals surface area (Å²) in [5.74, 6) is 0.140. The van der Waals surface area contributed by atoms with Crippen LogP contribution in [0.5, 0.6) is 0 Å². The van der Waals surface area contributed by atoms with Crippen molar-refractivity contribution in [1.82, 2.24) is 15.5 Å². The van der Waals surface area contributed by atoms with Crippen LogP contribution in [0.25, 0.3) is 0 Å². The molecule has 0 radical (unpaired) electrons. The monoisotopic (exact) mass is 227 g/mol. The predicted molar refractivity (Wildman–Crippen MR) is 62.0 cm³/mol. The molecule has 1 aliphatic heterocycles. The molecule has 0 aromatic heterocycles. The van der Waals surface area contributed by atoms with Gasteiger partial charge in [-0.3, -0.25) is 4.79 Å². The minimum absolute atomic E-state index is 0.0381. The number of rotatable bonds is 3. The second kappa shape index (κ2) is 5.72. The van der Waals surface area contributed by atoms with Gasteiger partial charge in [-0.1, -0.05) is 13.8 Å². The molecule has 5 nitrogen and oxygen atoms in total. The van der Waals surface area contributed by atoms with Gasteiger partial charge in [0, 0.05) is 20.1 Å². The van der Waals surface area contributed by atoms with Crippen molar-refractivity contribution in [2.24, 2.45) is 5.92 Å². The number of likely N-dealkylation sites (tertiary alicyclic amines) is 1. The minimum atomic E-state index is -0.418. The third kappa shape index (κ3) is 3.12. The predicted octanol–water partition coefficient (Wildman–Crippen LogP) is 0.562. The first-order chi connectivity index (χ1) is 7.56. The summed E-state index contributed by atoms with van der Waals surface area (Å²) in [6, 6.07) is -0.718. The Kier molecular flexibility index (Phi) is 4.58. The highest BCUT2D eigenvalue weighted by Crippen LogP contribution is 2.12. The average molecular weight is 227 g/mol. The molecule has 1 aliphatic rings. The molecule has 0 bridgehead atoms. The lowest BCUT2D eigenvalue weighted by Gasteiger charge is -2.26. The fraction of sp³-hybridized carbons (Fsp3) is 0.818. The molecule has 2 N–H and O–H groups in total. The Hall–Kier alpha value is -1.26. The molecule has 1 rings (SSSR count). The second-order valence-electron chi connectivity index (χ2n) is 4.48. The van der Waals surface area contributed by atoms with Crippen molar-refractivity contribution in [2.45, 2.75) is 32.7 Å². The summed E-state index contributed by atoms with van der Waals surface area (Å²) in [6.07, 6.45) is 2.13. The van der Waals surface area contributed by atoms with Crippen LogP contribution in [0.15, 0.2) is 0 Å². The lowest BCUT2D eigenvalue weighted by atomic mass is 10.0. The van der Waals surface area contributed by atoms with Crippen LogP contribution in [-0.4, -0.2) is 43.0 Å². The van der Waals surface area contributed by atoms with E-state index in [-0.39, 0.29) is 17.9 Å². The molecule has 0 spiro atoms. The Balaban J connectivity index is 2.61. The van der Waals surface area contributed by atoms with Crippen molar-refractivity contribution in [3.8, 4) is 0 Å². The van der Waals surface area contributed by atoms with E-state index in [4.69, 9.17) is 0 Å². The van der Waals surface area contributed by atoms with Gasteiger partial charge in [0.2, 0.25) is 5.91 Å². The molecule has 92 valence electrons. The topological polar surface area (TPSA) is 61.4 Å². The molecule has 3 amide bonds. The molecule has 1 saturated heterocycles. The quantitative estimate of drug-likeness (QED) is 0.740. The number of amides is 3. The SMILES string of the molecule is CNC(=O)N[C@H](C(=O)N1CCCC1)C(C)C. The number of nitrogens with zero attached hydrogens (tertiary/aromatic N) is 1. The van der Waals surface area contributed by atoms with Gasteiger partial charge >= 0.3 is 6.03 Å². The zero-order valence-corrected chi connectivity index (χ0v) is 10.2. The number of nitrogens with one attached hydrogen (secondary N) is 2. The maximum atomic E-state index is 12.1. The van der Waals surface area contributed by atoms with Gasteiger partial charge in [-0.05, 0) is 18.8 Å². The highest BCUT2D eigenvalue weighted by Gasteiger charge is 2.29. The van der Waals surface area contributed by atoms with Crippen molar-refractivity contribution >= 4 is 11.9 Å². The van der Waals surface area contributed by atoms with E-state index in [9.17, 15) is 9.59 Å². The standard InChI is InChI=1S/C11H21N3O2/c1-8(2)9(13-11(16)12-3)10(15)14-6-4-5-7-14/h8-9H,4-7H2,1-3H3,(H2,12,13,16)/t9-/m0/s1. The van der Waals surface area contributed by atoms with Crippen molar-refractivity contribution < 1.29 is 9.59 Å². The summed E-state index contributed by atoms with van der Waals surface area (Å²) in [7, 11) is 1.55. The van der Waals surface area contributed by atoms with E-state index in [1.54, 1.807) is 7.05 Å². The molecule has 0 unspecified atom stereocenters. The first-order valence-corrected chi connectivity index (χ1v) is 5.83. The van der Waals surface area contributed by atoms with Crippen molar-refractivity contribution in [1.29, 1.82) is 0 Å². The molecular weight excluding hydrogens is 206 g/mol. The summed E-state index contributed by atoms with van der Waals surface area (Å²) in [5.41, 5.74) is 0. The average Bonchev–Trinajstić information content (AvgIpc) is 2.77. The first kappa shape index (κ1) is 12.8. The van der Waals surface area contributed by atoms with Gasteiger partial charge in [0.25, 0.3) is 0 Å². The van der Waals surface area contributed by atoms with Gasteiger partial charge in [-0.25, -0.2) is 4.79 Å². The minimum Gasteiger partial charge on any atom is -0.341 e. The van der Waals surface area contributed by atoms with E-state index in [1.165, 1.54) is 0 Å². The van der Waals surface area contributed by atoms with Gasteiger partial charge in [-0.2, -0.15) is 0 Å². The van der Waals surface area contributed by atoms with E-state index in [0.717, 1.165) is 25.9 Å². The third-order valence-electron chi connectivity index (χ3n) is 2.86. The van der Waals surface area contributed by atoms with E-state index < -0.39 is 6.04 Å². The summed E-state index contributed by atoms with van der Waals surface area (Å²) in [5, 5.41) is 5.18. The van der Waals surface area contributed by atoms with E-state index in [0.29, 0.717) is 0 Å². The van der Waals surface area contributed by atoms with Gasteiger partial charge in [0.15, 0.2) is 0 Å². The summed E-state index contributed by atoms with van der Waals surface area (Å²) in [4.78, 5) is 25.2. The van der Waals surface area contributed by atoms with Gasteiger partial charge in [-0.15, -0.1) is 0 Å². The van der Waals surface area contributed by atoms with Crippen molar-refractivity contribution in [3.05, 3.63) is 0 Å². The highest BCUT2D eigenvalue weighted by atomic mass is 16.2. The number of hydrogen-bond acceptors (Lipinski definition) is 2. The molecule has 16 heavy (non-hydrogen) atoms. The Morgan fingerprint density at radius 2 is 1.75 bits per heavy atom. The zero-order chi connectivity index (χ0) is 12.1. The normalized spacial score (nSPS) is 17.4. The van der Waals surface area contributed by atoms with Crippen LogP contribution in [0.2, 0.25) is 0 Å². The van der Waals surface area contributed by atoms with Gasteiger partial charge in [0.05, 0.1) is 0 Å². The van der Waals surface area contributed by atoms with Crippen molar-refractivity contribution in [3.63, 3.8) is 0 Å². The molecule has 1 fully saturated rings. The van der Waals surface area contributed by atoms with Crippen LogP contribution in [0.3, 0.4) is 0 Å². The Morgan fingerprint density at radius 3 is 2.19 bits per heavy atom. The fourth-order valence-corrected chi connectivity index (χ4v) is 1.86. The van der Waals surface area contributed by atoms with E-state index in [1.807, 2.05) is 18.7 Å². The maximum absolute atomic E-state index is 12.1. The van der Waals surface area contributed by atoms with Crippen LogP contribution < -0.4 is 10.6 Å². The van der Waals surface area contributed by atoms with Crippen LogP contribution in [0, 0.1) is 5.92 Å². The third-order valence-corrected chi connectivity index (χ3v) is 2.86. The smallest absolute Gasteiger partial charge is 0.315 e. The molecule has 0 saturated carbocycles. The Morgan fingerprint density at radius 1 is 1.19 bits per heavy atom. The number of urea groups is 1. The molecular formula is C11H21N3O2. The summed E-state index contributed by atoms with van der Waals surface area (Å²) >= 11 is 0. The van der Waals surface area contributed by atoms with Gasteiger partial charge < -0.3 is 15.5 Å². The molecule has 1 heterocycles. The molecule has 0 aromatic rings. The Labute approximate surface area is 96.6 Å². The first-order valence-electron chi connectivity index (χ1n) is 5.83. The number of carbonyl (C=O) groups excluding carboxylic acids is 2. The molecule has 0 aliphatic carbocycles. The molecule has 1 atom stereocenters. The number of carbonyl (C=O) groups is 2. The molecule has 0 aromatic carbocycles. The molecule has 5 heteroatoms. The van der Waals surface area contributed by atoms with Crippen LogP contribution in [0.1, 0.15) is 26.7 Å². The number of hydrogen-bond donors (Lipinski definition) is 2. The second-order valence-corrected chi connectivity index (χ2v) is 4.48. The largest absolute Gasteiger partial charge is 0.341 e. The summed E-state index contributed by atoms with van der Waals surface area (Å²) in [6.45, 7) is 5.51. The van der Waals surface area contributed by atoms with Crippen LogP contribution >= 0.6 is 0 Å². The van der Waals surface area contributed by atoms with E-state index in [2.05, 4.69) is 10.6 Å². The van der Waals surface area contributed by atoms with Crippen LogP contribution in [-0.2, 0) is 4.79 Å².